The van der Waals surface area contributed by atoms with Gasteiger partial charge >= 0.3 is 0 Å². The maximum absolute atomic E-state index is 5.96. The van der Waals surface area contributed by atoms with E-state index in [-0.39, 0.29) is 0 Å². The summed E-state index contributed by atoms with van der Waals surface area (Å²) in [6.07, 6.45) is 6.58. The van der Waals surface area contributed by atoms with Crippen LogP contribution in [0.3, 0.4) is 0 Å². The van der Waals surface area contributed by atoms with Crippen molar-refractivity contribution in [2.75, 3.05) is 0 Å². The highest BCUT2D eigenvalue weighted by atomic mass is 14.6. The summed E-state index contributed by atoms with van der Waals surface area (Å²) in [6, 6.07) is 0.491. The van der Waals surface area contributed by atoms with Crippen LogP contribution < -0.4 is 5.73 Å². The van der Waals surface area contributed by atoms with Crippen LogP contribution in [0.15, 0.2) is 0 Å². The highest BCUT2D eigenvalue weighted by molar-refractivity contribution is 4.75. The van der Waals surface area contributed by atoms with E-state index in [1.165, 1.54) is 32.1 Å². The maximum atomic E-state index is 5.96. The van der Waals surface area contributed by atoms with E-state index < -0.39 is 0 Å². The van der Waals surface area contributed by atoms with Gasteiger partial charge in [-0.15, -0.1) is 0 Å². The lowest BCUT2D eigenvalue weighted by atomic mass is 9.92. The molecule has 0 aromatic carbocycles. The Bertz CT molecular complexity index is 99.4. The van der Waals surface area contributed by atoms with Crippen molar-refractivity contribution in [2.45, 2.75) is 52.0 Å². The Balaban J connectivity index is 2.41. The lowest BCUT2D eigenvalue weighted by Gasteiger charge is -2.15. The van der Waals surface area contributed by atoms with E-state index in [1.54, 1.807) is 0 Å². The molecule has 2 N–H and O–H groups in total. The average molecular weight is 155 g/mol. The van der Waals surface area contributed by atoms with E-state index in [4.69, 9.17) is 5.73 Å². The van der Waals surface area contributed by atoms with Gasteiger partial charge in [-0.1, -0.05) is 20.3 Å². The maximum Gasteiger partial charge on any atom is 0.00415 e. The monoisotopic (exact) mass is 155 g/mol. The summed E-state index contributed by atoms with van der Waals surface area (Å²) in [6.45, 7) is 4.65. The molecule has 0 aromatic rings. The zero-order valence-electron chi connectivity index (χ0n) is 7.84. The molecule has 1 aliphatic carbocycles. The average Bonchev–Trinajstić information content (AvgIpc) is 2.13. The lowest BCUT2D eigenvalue weighted by molar-refractivity contribution is 0.380. The molecule has 3 unspecified atom stereocenters. The van der Waals surface area contributed by atoms with Gasteiger partial charge in [0.2, 0.25) is 0 Å². The third kappa shape index (κ3) is 2.82. The Hall–Kier alpha value is -0.0400. The minimum absolute atomic E-state index is 0.491. The van der Waals surface area contributed by atoms with Gasteiger partial charge in [-0.05, 0) is 37.5 Å². The summed E-state index contributed by atoms with van der Waals surface area (Å²) >= 11 is 0. The smallest absolute Gasteiger partial charge is 0.00415 e. The molecule has 0 aromatic heterocycles. The molecule has 66 valence electrons. The van der Waals surface area contributed by atoms with Crippen LogP contribution in [0.25, 0.3) is 0 Å². The predicted molar refractivity (Wildman–Crippen MR) is 49.4 cm³/mol. The van der Waals surface area contributed by atoms with Crippen molar-refractivity contribution in [2.24, 2.45) is 17.6 Å². The molecule has 1 rings (SSSR count). The first-order valence-corrected chi connectivity index (χ1v) is 4.98. The van der Waals surface area contributed by atoms with Gasteiger partial charge in [0.05, 0.1) is 0 Å². The fourth-order valence-electron chi connectivity index (χ4n) is 2.16. The first-order valence-electron chi connectivity index (χ1n) is 4.98. The molecule has 0 aliphatic heterocycles. The Morgan fingerprint density at radius 2 is 2.00 bits per heavy atom. The first kappa shape index (κ1) is 9.05. The minimum atomic E-state index is 0.491. The second-order valence-electron chi connectivity index (χ2n) is 4.19. The van der Waals surface area contributed by atoms with Gasteiger partial charge in [-0.3, -0.25) is 0 Å². The molecule has 1 heteroatoms. The molecule has 11 heavy (non-hydrogen) atoms. The van der Waals surface area contributed by atoms with Crippen LogP contribution in [0.1, 0.15) is 46.0 Å². The molecular weight excluding hydrogens is 134 g/mol. The van der Waals surface area contributed by atoms with Crippen molar-refractivity contribution in [3.8, 4) is 0 Å². The summed E-state index contributed by atoms with van der Waals surface area (Å²) in [5.74, 6) is 1.82. The van der Waals surface area contributed by atoms with Crippen LogP contribution in [0.5, 0.6) is 0 Å². The second-order valence-corrected chi connectivity index (χ2v) is 4.19. The molecule has 0 bridgehead atoms. The quantitative estimate of drug-likeness (QED) is 0.579. The zero-order valence-corrected chi connectivity index (χ0v) is 7.84. The van der Waals surface area contributed by atoms with Gasteiger partial charge in [0.15, 0.2) is 0 Å². The molecule has 1 aliphatic rings. The van der Waals surface area contributed by atoms with Crippen molar-refractivity contribution in [1.82, 2.24) is 0 Å². The van der Waals surface area contributed by atoms with Crippen molar-refractivity contribution in [1.29, 1.82) is 0 Å². The van der Waals surface area contributed by atoms with Crippen LogP contribution in [-0.4, -0.2) is 6.04 Å². The largest absolute Gasteiger partial charge is 0.328 e. The molecule has 0 radical (unpaired) electrons. The van der Waals surface area contributed by atoms with E-state index in [9.17, 15) is 0 Å². The Labute approximate surface area is 70.4 Å². The van der Waals surface area contributed by atoms with Crippen LogP contribution in [0.2, 0.25) is 0 Å². The molecule has 1 fully saturated rings. The number of hydrogen-bond acceptors (Lipinski definition) is 1. The normalized spacial score (nSPS) is 40.1. The highest BCUT2D eigenvalue weighted by Crippen LogP contribution is 2.28. The van der Waals surface area contributed by atoms with Gasteiger partial charge in [0.1, 0.15) is 0 Å². The molecule has 0 spiro atoms. The zero-order chi connectivity index (χ0) is 8.27. The summed E-state index contributed by atoms with van der Waals surface area (Å²) < 4.78 is 0. The fraction of sp³-hybridized carbons (Fsp3) is 1.00. The third-order valence-corrected chi connectivity index (χ3v) is 2.98. The lowest BCUT2D eigenvalue weighted by Crippen LogP contribution is -2.21. The van der Waals surface area contributed by atoms with Crippen LogP contribution >= 0.6 is 0 Å². The van der Waals surface area contributed by atoms with Crippen molar-refractivity contribution >= 4 is 0 Å². The SMILES string of the molecule is CCC1CC(C)CCC(N)C1. The van der Waals surface area contributed by atoms with E-state index in [0.717, 1.165) is 11.8 Å². The Kier molecular flexibility index (Phi) is 3.38. The molecule has 1 saturated carbocycles. The highest BCUT2D eigenvalue weighted by Gasteiger charge is 2.19. The summed E-state index contributed by atoms with van der Waals surface area (Å²) in [5.41, 5.74) is 5.96. The second kappa shape index (κ2) is 4.10. The van der Waals surface area contributed by atoms with Crippen LogP contribution in [-0.2, 0) is 0 Å². The van der Waals surface area contributed by atoms with E-state index in [1.807, 2.05) is 0 Å². The standard InChI is InChI=1S/C10H21N/c1-3-9-6-8(2)4-5-10(11)7-9/h8-10H,3-7,11H2,1-2H3. The van der Waals surface area contributed by atoms with Gasteiger partial charge < -0.3 is 5.73 Å². The molecule has 1 nitrogen and oxygen atoms in total. The van der Waals surface area contributed by atoms with Gasteiger partial charge in [0.25, 0.3) is 0 Å². The van der Waals surface area contributed by atoms with Crippen LogP contribution in [0.4, 0.5) is 0 Å². The van der Waals surface area contributed by atoms with E-state index >= 15 is 0 Å². The van der Waals surface area contributed by atoms with Crippen molar-refractivity contribution in [3.63, 3.8) is 0 Å². The Morgan fingerprint density at radius 3 is 2.64 bits per heavy atom. The van der Waals surface area contributed by atoms with E-state index in [2.05, 4.69) is 13.8 Å². The molecule has 0 saturated heterocycles. The summed E-state index contributed by atoms with van der Waals surface area (Å²) in [7, 11) is 0. The predicted octanol–water partition coefficient (Wildman–Crippen LogP) is 2.55. The van der Waals surface area contributed by atoms with E-state index in [0.29, 0.717) is 6.04 Å². The van der Waals surface area contributed by atoms with Gasteiger partial charge in [-0.2, -0.15) is 0 Å². The van der Waals surface area contributed by atoms with Crippen LogP contribution in [0, 0.1) is 11.8 Å². The van der Waals surface area contributed by atoms with Gasteiger partial charge in [0, 0.05) is 6.04 Å². The number of nitrogens with two attached hydrogens (primary N) is 1. The third-order valence-electron chi connectivity index (χ3n) is 2.98. The molecule has 0 heterocycles. The Morgan fingerprint density at radius 1 is 1.27 bits per heavy atom. The number of rotatable bonds is 1. The van der Waals surface area contributed by atoms with Crippen molar-refractivity contribution in [3.05, 3.63) is 0 Å². The molecule has 3 atom stereocenters. The minimum Gasteiger partial charge on any atom is -0.328 e. The fourth-order valence-corrected chi connectivity index (χ4v) is 2.16. The molecular formula is C10H21N. The summed E-state index contributed by atoms with van der Waals surface area (Å²) in [4.78, 5) is 0. The van der Waals surface area contributed by atoms with Gasteiger partial charge in [-0.25, -0.2) is 0 Å². The van der Waals surface area contributed by atoms with Crippen molar-refractivity contribution < 1.29 is 0 Å². The molecule has 0 amide bonds. The first-order chi connectivity index (χ1) is 5.22. The number of hydrogen-bond donors (Lipinski definition) is 1. The topological polar surface area (TPSA) is 26.0 Å². The summed E-state index contributed by atoms with van der Waals surface area (Å²) in [5, 5.41) is 0.